The molecule has 1 aliphatic heterocycles. The van der Waals surface area contributed by atoms with Gasteiger partial charge in [-0.2, -0.15) is 0 Å². The Morgan fingerprint density at radius 2 is 1.54 bits per heavy atom. The lowest BCUT2D eigenvalue weighted by Gasteiger charge is -2.23. The molecule has 0 aliphatic carbocycles. The van der Waals surface area contributed by atoms with E-state index in [1.165, 1.54) is 16.7 Å². The molecule has 1 amide bonds. The molecule has 1 aliphatic rings. The van der Waals surface area contributed by atoms with Gasteiger partial charge in [0.2, 0.25) is 5.91 Å². The molecule has 2 heterocycles. The monoisotopic (exact) mass is 466 g/mol. The summed E-state index contributed by atoms with van der Waals surface area (Å²) in [7, 11) is 0. The zero-order valence-electron chi connectivity index (χ0n) is 19.7. The number of benzene rings is 3. The Hall–Kier alpha value is -3.77. The molecule has 1 aromatic heterocycles. The number of nitrogens with zero attached hydrogens (tertiary/aromatic N) is 3. The van der Waals surface area contributed by atoms with Crippen LogP contribution < -0.4 is 5.32 Å². The van der Waals surface area contributed by atoms with Crippen LogP contribution in [0.25, 0.3) is 11.1 Å². The van der Waals surface area contributed by atoms with Gasteiger partial charge in [-0.05, 0) is 41.5 Å². The number of nitrogens with one attached hydrogen (secondary N) is 1. The fraction of sp³-hybridized carbons (Fsp3) is 0.276. The average molecular weight is 467 g/mol. The maximum atomic E-state index is 13.5. The minimum Gasteiger partial charge on any atom is -0.373 e. The van der Waals surface area contributed by atoms with Crippen LogP contribution in [0.4, 0.5) is 0 Å². The van der Waals surface area contributed by atoms with Crippen molar-refractivity contribution in [3.8, 4) is 11.1 Å². The van der Waals surface area contributed by atoms with Gasteiger partial charge in [0.25, 0.3) is 0 Å². The van der Waals surface area contributed by atoms with Crippen molar-refractivity contribution in [1.29, 1.82) is 0 Å². The number of carbonyl (C=O) groups excluding carboxylic acids is 1. The highest BCUT2D eigenvalue weighted by molar-refractivity contribution is 5.79. The Balaban J connectivity index is 1.33. The van der Waals surface area contributed by atoms with Gasteiger partial charge in [0.15, 0.2) is 0 Å². The molecule has 1 N–H and O–H groups in total. The minimum absolute atomic E-state index is 0.0579. The van der Waals surface area contributed by atoms with E-state index in [1.807, 2.05) is 42.6 Å². The van der Waals surface area contributed by atoms with Crippen LogP contribution in [0, 0.1) is 5.92 Å². The van der Waals surface area contributed by atoms with Gasteiger partial charge in [-0.15, -0.1) is 5.10 Å². The van der Waals surface area contributed by atoms with Crippen molar-refractivity contribution in [1.82, 2.24) is 20.3 Å². The summed E-state index contributed by atoms with van der Waals surface area (Å²) >= 11 is 0. The first-order valence-corrected chi connectivity index (χ1v) is 12.2. The number of aromatic nitrogens is 3. The number of ether oxygens (including phenoxy) is 1. The Morgan fingerprint density at radius 3 is 2.31 bits per heavy atom. The van der Waals surface area contributed by atoms with Gasteiger partial charge in [-0.1, -0.05) is 90.1 Å². The van der Waals surface area contributed by atoms with Crippen LogP contribution in [0.5, 0.6) is 0 Å². The third-order valence-electron chi connectivity index (χ3n) is 6.45. The number of amides is 1. The third kappa shape index (κ3) is 6.22. The van der Waals surface area contributed by atoms with Crippen LogP contribution in [-0.2, 0) is 35.5 Å². The predicted octanol–water partition coefficient (Wildman–Crippen LogP) is 4.45. The Kier molecular flexibility index (Phi) is 7.29. The molecule has 2 bridgehead atoms. The number of hydrogen-bond acceptors (Lipinski definition) is 4. The molecular weight excluding hydrogens is 436 g/mol. The van der Waals surface area contributed by atoms with Crippen LogP contribution in [0.15, 0.2) is 91.1 Å². The summed E-state index contributed by atoms with van der Waals surface area (Å²) < 4.78 is 7.72. The van der Waals surface area contributed by atoms with Gasteiger partial charge in [0.05, 0.1) is 25.5 Å². The van der Waals surface area contributed by atoms with Crippen molar-refractivity contribution in [3.63, 3.8) is 0 Å². The summed E-state index contributed by atoms with van der Waals surface area (Å²) in [5.74, 6) is -0.120. The van der Waals surface area contributed by atoms with E-state index in [-0.39, 0.29) is 17.9 Å². The van der Waals surface area contributed by atoms with Crippen molar-refractivity contribution in [2.75, 3.05) is 6.61 Å². The van der Waals surface area contributed by atoms with Crippen molar-refractivity contribution >= 4 is 5.91 Å². The van der Waals surface area contributed by atoms with E-state index in [0.29, 0.717) is 32.6 Å². The third-order valence-corrected chi connectivity index (χ3v) is 6.45. The van der Waals surface area contributed by atoms with E-state index >= 15 is 0 Å². The molecule has 0 unspecified atom stereocenters. The molecule has 178 valence electrons. The average Bonchev–Trinajstić information content (AvgIpc) is 3.35. The van der Waals surface area contributed by atoms with E-state index in [9.17, 15) is 4.79 Å². The first kappa shape index (κ1) is 23.0. The van der Waals surface area contributed by atoms with Gasteiger partial charge < -0.3 is 10.1 Å². The topological polar surface area (TPSA) is 69.0 Å². The molecule has 0 saturated heterocycles. The summed E-state index contributed by atoms with van der Waals surface area (Å²) in [6.45, 7) is 1.45. The lowest BCUT2D eigenvalue weighted by Crippen LogP contribution is -2.43. The van der Waals surface area contributed by atoms with Gasteiger partial charge >= 0.3 is 0 Å². The number of hydrogen-bond donors (Lipinski definition) is 1. The molecule has 35 heavy (non-hydrogen) atoms. The largest absolute Gasteiger partial charge is 0.373 e. The van der Waals surface area contributed by atoms with Gasteiger partial charge in [0.1, 0.15) is 5.69 Å². The fourth-order valence-electron chi connectivity index (χ4n) is 4.55. The van der Waals surface area contributed by atoms with Gasteiger partial charge in [0, 0.05) is 12.5 Å². The van der Waals surface area contributed by atoms with Crippen LogP contribution in [0.2, 0.25) is 0 Å². The molecular formula is C29H30N4O2. The summed E-state index contributed by atoms with van der Waals surface area (Å²) in [5.41, 5.74) is 5.49. The number of rotatable bonds is 5. The summed E-state index contributed by atoms with van der Waals surface area (Å²) in [6.07, 6.45) is 3.99. The number of carbonyl (C=O) groups is 1. The van der Waals surface area contributed by atoms with Crippen LogP contribution in [0.3, 0.4) is 0 Å². The van der Waals surface area contributed by atoms with Crippen molar-refractivity contribution in [3.05, 3.63) is 108 Å². The molecule has 0 spiro atoms. The fourth-order valence-corrected chi connectivity index (χ4v) is 4.55. The quantitative estimate of drug-likeness (QED) is 0.472. The normalized spacial score (nSPS) is 18.8. The van der Waals surface area contributed by atoms with E-state index < -0.39 is 0 Å². The molecule has 0 fully saturated rings. The Morgan fingerprint density at radius 1 is 0.857 bits per heavy atom. The molecule has 0 saturated carbocycles. The van der Waals surface area contributed by atoms with Crippen molar-refractivity contribution < 1.29 is 9.53 Å². The zero-order valence-corrected chi connectivity index (χ0v) is 19.7. The highest BCUT2D eigenvalue weighted by atomic mass is 16.5. The smallest absolute Gasteiger partial charge is 0.223 e. The second kappa shape index (κ2) is 11.1. The van der Waals surface area contributed by atoms with Crippen LogP contribution in [0.1, 0.15) is 23.2 Å². The molecule has 6 nitrogen and oxygen atoms in total. The van der Waals surface area contributed by atoms with E-state index in [4.69, 9.17) is 4.74 Å². The Bertz CT molecular complexity index is 1220. The second-order valence-corrected chi connectivity index (χ2v) is 9.14. The first-order valence-electron chi connectivity index (χ1n) is 12.2. The lowest BCUT2D eigenvalue weighted by molar-refractivity contribution is -0.126. The van der Waals surface area contributed by atoms with Crippen LogP contribution >= 0.6 is 0 Å². The number of aryl methyl sites for hydroxylation is 1. The standard InChI is InChI=1S/C29H30N4O2/c34-29-26(17-23-11-13-25(14-12-23)24-9-5-2-6-10-24)15-16-33-19-28(31-32-33)21-35-20-27(30-29)18-22-7-3-1-4-8-22/h1-14,19,26-27H,15-18,20-21H2,(H,30,34)/t26-,27-/m1/s1. The maximum Gasteiger partial charge on any atom is 0.223 e. The molecule has 6 heteroatoms. The highest BCUT2D eigenvalue weighted by Crippen LogP contribution is 2.22. The predicted molar refractivity (Wildman–Crippen MR) is 135 cm³/mol. The minimum atomic E-state index is -0.178. The van der Waals surface area contributed by atoms with Crippen molar-refractivity contribution in [2.45, 2.75) is 38.5 Å². The molecule has 2 atom stereocenters. The van der Waals surface area contributed by atoms with Gasteiger partial charge in [-0.25, -0.2) is 0 Å². The molecule has 5 rings (SSSR count). The molecule has 0 radical (unpaired) electrons. The Labute approximate surface area is 206 Å². The zero-order chi connectivity index (χ0) is 23.9. The van der Waals surface area contributed by atoms with E-state index in [1.54, 1.807) is 4.68 Å². The molecule has 4 aromatic rings. The summed E-state index contributed by atoms with van der Waals surface area (Å²) in [4.78, 5) is 13.5. The lowest BCUT2D eigenvalue weighted by atomic mass is 9.93. The summed E-state index contributed by atoms with van der Waals surface area (Å²) in [5, 5.41) is 11.7. The van der Waals surface area contributed by atoms with E-state index in [2.05, 4.69) is 64.2 Å². The highest BCUT2D eigenvalue weighted by Gasteiger charge is 2.24. The summed E-state index contributed by atoms with van der Waals surface area (Å²) in [6, 6.07) is 29.0. The first-order chi connectivity index (χ1) is 17.2. The second-order valence-electron chi connectivity index (χ2n) is 9.14. The molecule has 3 aromatic carbocycles. The van der Waals surface area contributed by atoms with Crippen molar-refractivity contribution in [2.24, 2.45) is 5.92 Å². The SMILES string of the molecule is O=C1N[C@H](Cc2ccccc2)COCc2cn(nn2)CC[C@@H]1Cc1ccc(-c2ccccc2)cc1. The maximum absolute atomic E-state index is 13.5. The van der Waals surface area contributed by atoms with Gasteiger partial charge in [-0.3, -0.25) is 9.48 Å². The van der Waals surface area contributed by atoms with E-state index in [0.717, 1.165) is 17.7 Å². The number of fused-ring (bicyclic) bond motifs is 2. The van der Waals surface area contributed by atoms with Crippen LogP contribution in [-0.4, -0.2) is 33.5 Å².